The second kappa shape index (κ2) is 11.8. The monoisotopic (exact) mass is 462 g/mol. The number of hydrogen-bond acceptors (Lipinski definition) is 5. The molecule has 7 heteroatoms. The molecule has 0 saturated heterocycles. The van der Waals surface area contributed by atoms with Gasteiger partial charge in [0, 0.05) is 30.8 Å². The predicted octanol–water partition coefficient (Wildman–Crippen LogP) is 3.90. The van der Waals surface area contributed by atoms with Gasteiger partial charge in [-0.25, -0.2) is 4.79 Å². The van der Waals surface area contributed by atoms with Crippen molar-refractivity contribution in [2.24, 2.45) is 5.92 Å². The molecule has 3 N–H and O–H groups in total. The van der Waals surface area contributed by atoms with E-state index in [-0.39, 0.29) is 17.2 Å². The Morgan fingerprint density at radius 1 is 1.06 bits per heavy atom. The molecule has 180 valence electrons. The molecule has 0 amide bonds. The third-order valence-corrected chi connectivity index (χ3v) is 7.56. The van der Waals surface area contributed by atoms with Gasteiger partial charge in [0.1, 0.15) is 5.78 Å². The first-order chi connectivity index (χ1) is 16.5. The number of hydrogen-bond donors (Lipinski definition) is 3. The highest BCUT2D eigenvalue weighted by Crippen LogP contribution is 2.34. The van der Waals surface area contributed by atoms with Crippen LogP contribution in [-0.2, 0) is 24.0 Å². The first kappa shape index (κ1) is 24.6. The van der Waals surface area contributed by atoms with E-state index in [4.69, 9.17) is 0 Å². The normalized spacial score (nSPS) is 22.3. The van der Waals surface area contributed by atoms with E-state index >= 15 is 0 Å². The smallest absolute Gasteiger partial charge is 0.335 e. The van der Waals surface area contributed by atoms with Gasteiger partial charge in [-0.2, -0.15) is 0 Å². The fraction of sp³-hybridized carbons (Fsp3) is 0.519. The Morgan fingerprint density at radius 3 is 2.62 bits per heavy atom. The molecule has 1 aliphatic heterocycles. The Morgan fingerprint density at radius 2 is 1.88 bits per heavy atom. The molecule has 1 saturated carbocycles. The molecule has 34 heavy (non-hydrogen) atoms. The largest absolute Gasteiger partial charge is 0.478 e. The number of fused-ring (bicyclic) bond motifs is 1. The summed E-state index contributed by atoms with van der Waals surface area (Å²) in [5.74, 6) is -0.419. The molecule has 1 fully saturated rings. The number of aromatic carboxylic acids is 1. The van der Waals surface area contributed by atoms with Crippen LogP contribution in [-0.4, -0.2) is 46.4 Å². The van der Waals surface area contributed by atoms with E-state index in [2.05, 4.69) is 16.4 Å². The highest BCUT2D eigenvalue weighted by atomic mass is 16.4. The predicted molar refractivity (Wildman–Crippen MR) is 133 cm³/mol. The van der Waals surface area contributed by atoms with Crippen molar-refractivity contribution >= 4 is 18.7 Å². The third kappa shape index (κ3) is 6.54. The van der Waals surface area contributed by atoms with Gasteiger partial charge in [0.15, 0.2) is 0 Å². The summed E-state index contributed by atoms with van der Waals surface area (Å²) in [5, 5.41) is 23.7. The van der Waals surface area contributed by atoms with Crippen molar-refractivity contribution in [3.05, 3.63) is 65.0 Å². The fourth-order valence-corrected chi connectivity index (χ4v) is 5.66. The Balaban J connectivity index is 1.17. The molecule has 0 spiro atoms. The lowest BCUT2D eigenvalue weighted by Gasteiger charge is -2.30. The van der Waals surface area contributed by atoms with E-state index < -0.39 is 12.9 Å². The van der Waals surface area contributed by atoms with Crippen LogP contribution >= 0.6 is 0 Å². The van der Waals surface area contributed by atoms with E-state index in [0.717, 1.165) is 61.9 Å². The second-order valence-corrected chi connectivity index (χ2v) is 10.0. The zero-order chi connectivity index (χ0) is 23.9. The number of carboxylic acids is 1. The molecular formula is C27H35BN2O4. The molecule has 2 aliphatic rings. The maximum absolute atomic E-state index is 12.8. The first-order valence-electron chi connectivity index (χ1n) is 12.7. The number of pyridine rings is 1. The Bertz CT molecular complexity index is 976. The van der Waals surface area contributed by atoms with Gasteiger partial charge in [-0.15, -0.1) is 0 Å². The number of carbonyl (C=O) groups excluding carboxylic acids is 1. The van der Waals surface area contributed by atoms with E-state index in [1.54, 1.807) is 12.1 Å². The zero-order valence-corrected chi connectivity index (χ0v) is 19.8. The van der Waals surface area contributed by atoms with Gasteiger partial charge in [-0.3, -0.25) is 9.78 Å². The minimum Gasteiger partial charge on any atom is -0.478 e. The van der Waals surface area contributed by atoms with Gasteiger partial charge in [0.2, 0.25) is 0 Å². The highest BCUT2D eigenvalue weighted by Gasteiger charge is 2.35. The SMILES string of the molecule is O=C(CC1CCC(NCCCc2ccccn2)CC1)C[C@H]1Cc2cccc(C(=O)O)c2CB1O. The fourth-order valence-electron chi connectivity index (χ4n) is 5.66. The number of benzene rings is 1. The van der Waals surface area contributed by atoms with E-state index in [1.807, 2.05) is 24.4 Å². The number of carboxylic acid groups (broad SMARTS) is 1. The minimum atomic E-state index is -0.961. The van der Waals surface area contributed by atoms with Crippen LogP contribution in [0.3, 0.4) is 0 Å². The highest BCUT2D eigenvalue weighted by molar-refractivity contribution is 6.52. The molecule has 2 heterocycles. The summed E-state index contributed by atoms with van der Waals surface area (Å²) in [6.45, 7) is 0.332. The maximum atomic E-state index is 12.8. The molecule has 1 atom stereocenters. The van der Waals surface area contributed by atoms with Gasteiger partial charge < -0.3 is 15.4 Å². The van der Waals surface area contributed by atoms with Crippen molar-refractivity contribution in [3.8, 4) is 0 Å². The second-order valence-electron chi connectivity index (χ2n) is 10.0. The number of rotatable bonds is 10. The Kier molecular flexibility index (Phi) is 8.51. The average Bonchev–Trinajstić information content (AvgIpc) is 2.83. The van der Waals surface area contributed by atoms with Crippen LogP contribution in [0.25, 0.3) is 0 Å². The molecule has 0 radical (unpaired) electrons. The summed E-state index contributed by atoms with van der Waals surface area (Å²) in [4.78, 5) is 28.7. The number of ketones is 1. The van der Waals surface area contributed by atoms with Crippen LogP contribution in [0, 0.1) is 5.92 Å². The summed E-state index contributed by atoms with van der Waals surface area (Å²) in [6.07, 6.45) is 10.1. The Labute approximate surface area is 202 Å². The topological polar surface area (TPSA) is 99.5 Å². The van der Waals surface area contributed by atoms with Gasteiger partial charge in [-0.1, -0.05) is 18.2 Å². The molecular weight excluding hydrogens is 427 g/mol. The molecule has 6 nitrogen and oxygen atoms in total. The quantitative estimate of drug-likeness (QED) is 0.366. The van der Waals surface area contributed by atoms with Gasteiger partial charge >= 0.3 is 5.97 Å². The lowest BCUT2D eigenvalue weighted by Crippen LogP contribution is -2.35. The van der Waals surface area contributed by atoms with Gasteiger partial charge in [0.05, 0.1) is 5.56 Å². The summed E-state index contributed by atoms with van der Waals surface area (Å²) in [6, 6.07) is 11.8. The number of nitrogens with one attached hydrogen (secondary N) is 1. The summed E-state index contributed by atoms with van der Waals surface area (Å²) in [5.41, 5.74) is 3.08. The molecule has 1 aliphatic carbocycles. The van der Waals surface area contributed by atoms with Crippen LogP contribution in [0.4, 0.5) is 0 Å². The number of carbonyl (C=O) groups is 2. The van der Waals surface area contributed by atoms with Crippen molar-refractivity contribution in [1.29, 1.82) is 0 Å². The number of aryl methyl sites for hydroxylation is 1. The van der Waals surface area contributed by atoms with Crippen molar-refractivity contribution in [3.63, 3.8) is 0 Å². The van der Waals surface area contributed by atoms with Crippen molar-refractivity contribution in [2.75, 3.05) is 6.54 Å². The van der Waals surface area contributed by atoms with Gasteiger partial charge in [-0.05, 0) is 98.9 Å². The Hall–Kier alpha value is -2.51. The van der Waals surface area contributed by atoms with Crippen LogP contribution in [0.1, 0.15) is 72.1 Å². The first-order valence-corrected chi connectivity index (χ1v) is 12.7. The van der Waals surface area contributed by atoms with Crippen LogP contribution < -0.4 is 5.32 Å². The van der Waals surface area contributed by atoms with Crippen LogP contribution in [0.5, 0.6) is 0 Å². The van der Waals surface area contributed by atoms with Crippen LogP contribution in [0.2, 0.25) is 5.82 Å². The molecule has 2 aromatic rings. The number of Topliss-reactive ketones (excluding diaryl/α,β-unsaturated/α-hetero) is 1. The number of aromatic nitrogens is 1. The van der Waals surface area contributed by atoms with E-state index in [1.165, 1.54) is 0 Å². The lowest BCUT2D eigenvalue weighted by atomic mass is 9.46. The van der Waals surface area contributed by atoms with Crippen molar-refractivity contribution in [1.82, 2.24) is 10.3 Å². The summed E-state index contributed by atoms with van der Waals surface area (Å²) < 4.78 is 0. The summed E-state index contributed by atoms with van der Waals surface area (Å²) in [7, 11) is 0. The maximum Gasteiger partial charge on any atom is 0.335 e. The molecule has 4 rings (SSSR count). The lowest BCUT2D eigenvalue weighted by molar-refractivity contribution is -0.120. The average molecular weight is 462 g/mol. The molecule has 0 unspecified atom stereocenters. The summed E-state index contributed by atoms with van der Waals surface area (Å²) >= 11 is 0. The molecule has 1 aromatic heterocycles. The van der Waals surface area contributed by atoms with Crippen molar-refractivity contribution < 1.29 is 19.7 Å². The van der Waals surface area contributed by atoms with Crippen LogP contribution in [0.15, 0.2) is 42.6 Å². The van der Waals surface area contributed by atoms with E-state index in [0.29, 0.717) is 37.5 Å². The third-order valence-electron chi connectivity index (χ3n) is 7.56. The standard InChI is InChI=1S/C27H35BN2O4/c31-24(17-21-16-20-5-3-8-25(27(32)33)26(20)18-28(21)34)15-19-9-11-23(12-10-19)30-14-4-7-22-6-1-2-13-29-22/h1-3,5-6,8,13,19,21,23,30,34H,4,7,9-12,14-18H2,(H,32,33)/t19?,21-,23?/m1/s1. The van der Waals surface area contributed by atoms with Crippen molar-refractivity contribution in [2.45, 2.75) is 76.0 Å². The van der Waals surface area contributed by atoms with Gasteiger partial charge in [0.25, 0.3) is 6.92 Å². The minimum absolute atomic E-state index is 0.124. The van der Waals surface area contributed by atoms with E-state index in [9.17, 15) is 19.7 Å². The molecule has 1 aromatic carbocycles. The molecule has 0 bridgehead atoms. The zero-order valence-electron chi connectivity index (χ0n) is 19.8. The number of nitrogens with zero attached hydrogens (tertiary/aromatic N) is 1.